The Hall–Kier alpha value is -2.70. The second-order valence-electron chi connectivity index (χ2n) is 6.73. The van der Waals surface area contributed by atoms with Crippen molar-refractivity contribution >= 4 is 22.8 Å². The van der Waals surface area contributed by atoms with E-state index in [1.807, 2.05) is 0 Å². The Morgan fingerprint density at radius 2 is 2.04 bits per heavy atom. The van der Waals surface area contributed by atoms with Gasteiger partial charge in [0.05, 0.1) is 23.1 Å². The lowest BCUT2D eigenvalue weighted by Crippen LogP contribution is -2.27. The Bertz CT molecular complexity index is 933. The smallest absolute Gasteiger partial charge is 0.347 e. The standard InChI is InChI=1S/C19H20N2O5/c22-17-13-7-6-12(18(23)26-15-8-10-25-19(15)24)11-14(13)20-16-5-3-1-2-4-9-21(16)17/h6-7,11,15H,1-5,8-10H2/t15-/m1/s1. The summed E-state index contributed by atoms with van der Waals surface area (Å²) >= 11 is 0. The number of nitrogens with zero attached hydrogens (tertiary/aromatic N) is 2. The normalized spacial score (nSPS) is 20.2. The summed E-state index contributed by atoms with van der Waals surface area (Å²) in [6.45, 7) is 0.948. The molecule has 7 nitrogen and oxygen atoms in total. The zero-order valence-corrected chi connectivity index (χ0v) is 14.4. The molecule has 0 spiro atoms. The predicted octanol–water partition coefficient (Wildman–Crippen LogP) is 1.99. The molecule has 7 heteroatoms. The first kappa shape index (κ1) is 16.8. The zero-order valence-electron chi connectivity index (χ0n) is 14.4. The molecule has 136 valence electrons. The van der Waals surface area contributed by atoms with Crippen molar-refractivity contribution in [3.05, 3.63) is 39.9 Å². The molecule has 0 N–H and O–H groups in total. The number of carbonyl (C=O) groups excluding carboxylic acids is 2. The molecule has 0 amide bonds. The fraction of sp³-hybridized carbons (Fsp3) is 0.474. The van der Waals surface area contributed by atoms with E-state index in [4.69, 9.17) is 9.47 Å². The van der Waals surface area contributed by atoms with Crippen molar-refractivity contribution in [3.63, 3.8) is 0 Å². The summed E-state index contributed by atoms with van der Waals surface area (Å²) in [5, 5.41) is 0.492. The van der Waals surface area contributed by atoms with Gasteiger partial charge in [-0.15, -0.1) is 0 Å². The first-order valence-electron chi connectivity index (χ1n) is 9.04. The Kier molecular flexibility index (Phi) is 4.44. The highest BCUT2D eigenvalue weighted by atomic mass is 16.6. The summed E-state index contributed by atoms with van der Waals surface area (Å²) in [6, 6.07) is 4.73. The molecule has 1 aromatic heterocycles. The van der Waals surface area contributed by atoms with E-state index in [-0.39, 0.29) is 17.7 Å². The van der Waals surface area contributed by atoms with Crippen LogP contribution in [0, 0.1) is 0 Å². The minimum Gasteiger partial charge on any atom is -0.463 e. The molecule has 26 heavy (non-hydrogen) atoms. The van der Waals surface area contributed by atoms with Gasteiger partial charge in [0.25, 0.3) is 5.56 Å². The fourth-order valence-electron chi connectivity index (χ4n) is 3.50. The van der Waals surface area contributed by atoms with Crippen LogP contribution in [0.2, 0.25) is 0 Å². The third-order valence-corrected chi connectivity index (χ3v) is 4.94. The van der Waals surface area contributed by atoms with Crippen molar-refractivity contribution in [1.82, 2.24) is 9.55 Å². The van der Waals surface area contributed by atoms with Gasteiger partial charge >= 0.3 is 11.9 Å². The average Bonchev–Trinajstić information content (AvgIpc) is 3.01. The number of aryl methyl sites for hydroxylation is 1. The molecule has 0 saturated carbocycles. The lowest BCUT2D eigenvalue weighted by molar-refractivity contribution is -0.145. The number of rotatable bonds is 2. The number of hydrogen-bond acceptors (Lipinski definition) is 6. The average molecular weight is 356 g/mol. The number of carbonyl (C=O) groups is 2. The van der Waals surface area contributed by atoms with Gasteiger partial charge in [-0.1, -0.05) is 12.8 Å². The second kappa shape index (κ2) is 6.90. The largest absolute Gasteiger partial charge is 0.463 e. The molecule has 3 heterocycles. The number of benzene rings is 1. The van der Waals surface area contributed by atoms with E-state index in [0.29, 0.717) is 23.9 Å². The summed E-state index contributed by atoms with van der Waals surface area (Å²) in [6.07, 6.45) is 4.51. The molecular formula is C19H20N2O5. The van der Waals surface area contributed by atoms with Crippen LogP contribution in [-0.4, -0.2) is 34.2 Å². The van der Waals surface area contributed by atoms with Crippen molar-refractivity contribution in [3.8, 4) is 0 Å². The summed E-state index contributed by atoms with van der Waals surface area (Å²) < 4.78 is 11.8. The Labute approximate surface area is 149 Å². The predicted molar refractivity (Wildman–Crippen MR) is 93.0 cm³/mol. The highest BCUT2D eigenvalue weighted by Gasteiger charge is 2.30. The van der Waals surface area contributed by atoms with Gasteiger partial charge in [-0.25, -0.2) is 14.6 Å². The molecular weight excluding hydrogens is 336 g/mol. The van der Waals surface area contributed by atoms with Crippen LogP contribution >= 0.6 is 0 Å². The topological polar surface area (TPSA) is 87.5 Å². The third-order valence-electron chi connectivity index (χ3n) is 4.94. The van der Waals surface area contributed by atoms with Crippen LogP contribution in [0.5, 0.6) is 0 Å². The van der Waals surface area contributed by atoms with Gasteiger partial charge in [-0.3, -0.25) is 9.36 Å². The summed E-state index contributed by atoms with van der Waals surface area (Å²) in [5.41, 5.74) is 0.705. The number of esters is 2. The number of ether oxygens (including phenoxy) is 2. The molecule has 1 saturated heterocycles. The van der Waals surface area contributed by atoms with Crippen LogP contribution in [0.15, 0.2) is 23.0 Å². The quantitative estimate of drug-likeness (QED) is 0.765. The van der Waals surface area contributed by atoms with Gasteiger partial charge in [-0.2, -0.15) is 0 Å². The second-order valence-corrected chi connectivity index (χ2v) is 6.73. The number of hydrogen-bond donors (Lipinski definition) is 0. The summed E-state index contributed by atoms with van der Waals surface area (Å²) in [5.74, 6) is -0.353. The monoisotopic (exact) mass is 356 g/mol. The van der Waals surface area contributed by atoms with Crippen LogP contribution in [0.4, 0.5) is 0 Å². The van der Waals surface area contributed by atoms with Crippen LogP contribution in [0.1, 0.15) is 48.3 Å². The highest BCUT2D eigenvalue weighted by molar-refractivity contribution is 5.95. The Morgan fingerprint density at radius 3 is 2.85 bits per heavy atom. The van der Waals surface area contributed by atoms with E-state index in [0.717, 1.165) is 37.9 Å². The zero-order chi connectivity index (χ0) is 18.1. The summed E-state index contributed by atoms with van der Waals surface area (Å²) in [4.78, 5) is 41.2. The molecule has 2 aromatic rings. The Morgan fingerprint density at radius 1 is 1.19 bits per heavy atom. The lowest BCUT2D eigenvalue weighted by Gasteiger charge is -2.16. The maximum atomic E-state index is 12.8. The summed E-state index contributed by atoms with van der Waals surface area (Å²) in [7, 11) is 0. The molecule has 2 aliphatic heterocycles. The first-order chi connectivity index (χ1) is 12.6. The van der Waals surface area contributed by atoms with Gasteiger partial charge in [0.2, 0.25) is 6.10 Å². The van der Waals surface area contributed by atoms with Crippen molar-refractivity contribution in [1.29, 1.82) is 0 Å². The van der Waals surface area contributed by atoms with Gasteiger partial charge in [0, 0.05) is 19.4 Å². The molecule has 0 bridgehead atoms. The number of aromatic nitrogens is 2. The van der Waals surface area contributed by atoms with Crippen molar-refractivity contribution in [2.75, 3.05) is 6.61 Å². The van der Waals surface area contributed by atoms with E-state index in [9.17, 15) is 14.4 Å². The molecule has 1 fully saturated rings. The van der Waals surface area contributed by atoms with E-state index >= 15 is 0 Å². The minimum atomic E-state index is -0.854. The van der Waals surface area contributed by atoms with Crippen molar-refractivity contribution in [2.45, 2.75) is 51.2 Å². The van der Waals surface area contributed by atoms with E-state index < -0.39 is 18.0 Å². The minimum absolute atomic E-state index is 0.0637. The molecule has 0 aliphatic carbocycles. The maximum Gasteiger partial charge on any atom is 0.347 e. The molecule has 2 aliphatic rings. The Balaban J connectivity index is 1.68. The van der Waals surface area contributed by atoms with Gasteiger partial charge in [0.1, 0.15) is 5.82 Å². The molecule has 1 atom stereocenters. The van der Waals surface area contributed by atoms with Crippen molar-refractivity contribution in [2.24, 2.45) is 0 Å². The van der Waals surface area contributed by atoms with Crippen LogP contribution in [0.25, 0.3) is 10.9 Å². The highest BCUT2D eigenvalue weighted by Crippen LogP contribution is 2.18. The van der Waals surface area contributed by atoms with E-state index in [2.05, 4.69) is 4.98 Å². The third kappa shape index (κ3) is 3.09. The van der Waals surface area contributed by atoms with Crippen LogP contribution < -0.4 is 5.56 Å². The van der Waals surface area contributed by atoms with E-state index in [1.165, 1.54) is 0 Å². The lowest BCUT2D eigenvalue weighted by atomic mass is 10.1. The molecule has 0 unspecified atom stereocenters. The molecule has 0 radical (unpaired) electrons. The van der Waals surface area contributed by atoms with Crippen LogP contribution in [0.3, 0.4) is 0 Å². The van der Waals surface area contributed by atoms with Gasteiger partial charge in [0.15, 0.2) is 0 Å². The molecule has 4 rings (SSSR count). The maximum absolute atomic E-state index is 12.8. The van der Waals surface area contributed by atoms with Gasteiger partial charge < -0.3 is 9.47 Å². The van der Waals surface area contributed by atoms with Crippen LogP contribution in [-0.2, 0) is 27.2 Å². The SMILES string of the molecule is O=C(O[C@@H]1CCOC1=O)c1ccc2c(=O)n3c(nc2c1)CCCCCC3. The van der Waals surface area contributed by atoms with Crippen molar-refractivity contribution < 1.29 is 19.1 Å². The molecule has 1 aromatic carbocycles. The number of fused-ring (bicyclic) bond motifs is 2. The van der Waals surface area contributed by atoms with Gasteiger partial charge in [-0.05, 0) is 31.0 Å². The fourth-order valence-corrected chi connectivity index (χ4v) is 3.50. The number of cyclic esters (lactones) is 1. The van der Waals surface area contributed by atoms with E-state index in [1.54, 1.807) is 22.8 Å². The first-order valence-corrected chi connectivity index (χ1v) is 9.04.